The summed E-state index contributed by atoms with van der Waals surface area (Å²) in [7, 11) is 0. The lowest BCUT2D eigenvalue weighted by atomic mass is 10.1. The van der Waals surface area contributed by atoms with E-state index < -0.39 is 0 Å². The Bertz CT molecular complexity index is 870. The van der Waals surface area contributed by atoms with E-state index in [1.807, 2.05) is 24.3 Å². The van der Waals surface area contributed by atoms with Crippen LogP contribution in [0.1, 0.15) is 28.0 Å². The highest BCUT2D eigenvalue weighted by molar-refractivity contribution is 5.94. The minimum atomic E-state index is -0.141. The number of aryl methyl sites for hydroxylation is 2. The van der Waals surface area contributed by atoms with Crippen LogP contribution in [-0.2, 0) is 24.1 Å². The minimum absolute atomic E-state index is 0.0974. The van der Waals surface area contributed by atoms with Gasteiger partial charge in [0.15, 0.2) is 0 Å². The maximum absolute atomic E-state index is 12.3. The topological polar surface area (TPSA) is 76.5 Å². The summed E-state index contributed by atoms with van der Waals surface area (Å²) in [6.45, 7) is 3.96. The predicted octanol–water partition coefficient (Wildman–Crippen LogP) is 0.999. The summed E-state index contributed by atoms with van der Waals surface area (Å²) in [4.78, 5) is 26.7. The highest BCUT2D eigenvalue weighted by atomic mass is 16.5. The van der Waals surface area contributed by atoms with Crippen LogP contribution in [0.4, 0.5) is 5.69 Å². The van der Waals surface area contributed by atoms with Crippen LogP contribution in [0.3, 0.4) is 0 Å². The standard InChI is InChI=1S/C20H24N4O3/c25-19-14-16-2-1-3-18(16)22-24(19)9-8-21-20(26)15-4-6-17(7-5-15)23-10-12-27-13-11-23/h4-7,14H,1-3,8-13H2,(H,21,26). The molecule has 1 fully saturated rings. The average molecular weight is 368 g/mol. The number of morpholine rings is 1. The number of anilines is 1. The van der Waals surface area contributed by atoms with Crippen molar-refractivity contribution >= 4 is 11.6 Å². The molecule has 0 saturated carbocycles. The van der Waals surface area contributed by atoms with Gasteiger partial charge >= 0.3 is 0 Å². The first-order chi connectivity index (χ1) is 13.2. The number of aromatic nitrogens is 2. The van der Waals surface area contributed by atoms with Gasteiger partial charge in [-0.25, -0.2) is 4.68 Å². The quantitative estimate of drug-likeness (QED) is 0.852. The van der Waals surface area contributed by atoms with E-state index >= 15 is 0 Å². The van der Waals surface area contributed by atoms with Crippen LogP contribution in [0.2, 0.25) is 0 Å². The van der Waals surface area contributed by atoms with Gasteiger partial charge in [0.25, 0.3) is 11.5 Å². The van der Waals surface area contributed by atoms with E-state index in [1.165, 1.54) is 4.68 Å². The summed E-state index contributed by atoms with van der Waals surface area (Å²) in [6.07, 6.45) is 2.93. The Hall–Kier alpha value is -2.67. The summed E-state index contributed by atoms with van der Waals surface area (Å²) in [5.74, 6) is -0.141. The summed E-state index contributed by atoms with van der Waals surface area (Å²) in [5.41, 5.74) is 3.70. The first kappa shape index (κ1) is 17.7. The second-order valence-electron chi connectivity index (χ2n) is 6.93. The second kappa shape index (κ2) is 7.92. The van der Waals surface area contributed by atoms with Gasteiger partial charge in [-0.05, 0) is 49.1 Å². The zero-order valence-corrected chi connectivity index (χ0v) is 15.3. The van der Waals surface area contributed by atoms with E-state index in [2.05, 4.69) is 15.3 Å². The SMILES string of the molecule is O=C(NCCn1nc2c(cc1=O)CCC2)c1ccc(N2CCOCC2)cc1. The van der Waals surface area contributed by atoms with Gasteiger partial charge in [-0.15, -0.1) is 0 Å². The van der Waals surface area contributed by atoms with Crippen molar-refractivity contribution in [3.05, 3.63) is 57.5 Å². The summed E-state index contributed by atoms with van der Waals surface area (Å²) < 4.78 is 6.81. The molecule has 1 N–H and O–H groups in total. The highest BCUT2D eigenvalue weighted by Gasteiger charge is 2.15. The fraction of sp³-hybridized carbons (Fsp3) is 0.450. The number of hydrogen-bond acceptors (Lipinski definition) is 5. The number of hydrogen-bond donors (Lipinski definition) is 1. The molecule has 0 radical (unpaired) electrons. The van der Waals surface area contributed by atoms with Gasteiger partial charge in [-0.3, -0.25) is 9.59 Å². The first-order valence-electron chi connectivity index (χ1n) is 9.51. The van der Waals surface area contributed by atoms with Crippen molar-refractivity contribution in [1.29, 1.82) is 0 Å². The molecule has 142 valence electrons. The Labute approximate surface area is 157 Å². The Kier molecular flexibility index (Phi) is 5.20. The lowest BCUT2D eigenvalue weighted by Gasteiger charge is -2.28. The molecule has 7 nitrogen and oxygen atoms in total. The van der Waals surface area contributed by atoms with E-state index in [0.717, 1.165) is 62.5 Å². The lowest BCUT2D eigenvalue weighted by molar-refractivity contribution is 0.0951. The van der Waals surface area contributed by atoms with Crippen molar-refractivity contribution in [1.82, 2.24) is 15.1 Å². The third-order valence-corrected chi connectivity index (χ3v) is 5.14. The summed E-state index contributed by atoms with van der Waals surface area (Å²) >= 11 is 0. The fourth-order valence-corrected chi connectivity index (χ4v) is 3.62. The van der Waals surface area contributed by atoms with Gasteiger partial charge in [0.05, 0.1) is 25.5 Å². The molecule has 4 rings (SSSR count). The largest absolute Gasteiger partial charge is 0.378 e. The van der Waals surface area contributed by atoms with Crippen molar-refractivity contribution < 1.29 is 9.53 Å². The number of rotatable bonds is 5. The van der Waals surface area contributed by atoms with E-state index in [9.17, 15) is 9.59 Å². The summed E-state index contributed by atoms with van der Waals surface area (Å²) in [5, 5.41) is 7.29. The van der Waals surface area contributed by atoms with E-state index in [1.54, 1.807) is 6.07 Å². The maximum Gasteiger partial charge on any atom is 0.267 e. The Morgan fingerprint density at radius 3 is 2.70 bits per heavy atom. The van der Waals surface area contributed by atoms with Gasteiger partial charge in [0, 0.05) is 37.0 Å². The number of nitrogens with zero attached hydrogens (tertiary/aromatic N) is 3. The fourth-order valence-electron chi connectivity index (χ4n) is 3.62. The van der Waals surface area contributed by atoms with Crippen molar-refractivity contribution in [2.24, 2.45) is 0 Å². The predicted molar refractivity (Wildman–Crippen MR) is 102 cm³/mol. The molecule has 1 aliphatic carbocycles. The van der Waals surface area contributed by atoms with Crippen LogP contribution in [0, 0.1) is 0 Å². The van der Waals surface area contributed by atoms with E-state index in [-0.39, 0.29) is 11.5 Å². The van der Waals surface area contributed by atoms with Gasteiger partial charge in [0.2, 0.25) is 0 Å². The van der Waals surface area contributed by atoms with Gasteiger partial charge < -0.3 is 15.0 Å². The Balaban J connectivity index is 1.32. The Morgan fingerprint density at radius 1 is 1.15 bits per heavy atom. The molecular formula is C20H24N4O3. The highest BCUT2D eigenvalue weighted by Crippen LogP contribution is 2.17. The van der Waals surface area contributed by atoms with Gasteiger partial charge in [0.1, 0.15) is 0 Å². The molecular weight excluding hydrogens is 344 g/mol. The van der Waals surface area contributed by atoms with Crippen LogP contribution >= 0.6 is 0 Å². The number of benzene rings is 1. The van der Waals surface area contributed by atoms with Crippen LogP contribution in [-0.4, -0.2) is 48.5 Å². The van der Waals surface area contributed by atoms with Crippen molar-refractivity contribution in [2.45, 2.75) is 25.8 Å². The van der Waals surface area contributed by atoms with Gasteiger partial charge in [-0.1, -0.05) is 0 Å². The molecule has 1 aliphatic heterocycles. The molecule has 1 saturated heterocycles. The molecule has 1 amide bonds. The first-order valence-corrected chi connectivity index (χ1v) is 9.51. The maximum atomic E-state index is 12.3. The third-order valence-electron chi connectivity index (χ3n) is 5.14. The average Bonchev–Trinajstić information content (AvgIpc) is 3.16. The number of nitrogens with one attached hydrogen (secondary N) is 1. The Morgan fingerprint density at radius 2 is 1.93 bits per heavy atom. The van der Waals surface area contributed by atoms with E-state index in [4.69, 9.17) is 4.74 Å². The van der Waals surface area contributed by atoms with Crippen LogP contribution in [0.5, 0.6) is 0 Å². The monoisotopic (exact) mass is 368 g/mol. The molecule has 0 atom stereocenters. The second-order valence-corrected chi connectivity index (χ2v) is 6.93. The van der Waals surface area contributed by atoms with Crippen LogP contribution in [0.15, 0.2) is 35.1 Å². The normalized spacial score (nSPS) is 16.2. The smallest absolute Gasteiger partial charge is 0.267 e. The van der Waals surface area contributed by atoms with Crippen molar-refractivity contribution in [3.63, 3.8) is 0 Å². The van der Waals surface area contributed by atoms with E-state index in [0.29, 0.717) is 18.7 Å². The zero-order valence-electron chi connectivity index (χ0n) is 15.3. The number of ether oxygens (including phenoxy) is 1. The summed E-state index contributed by atoms with van der Waals surface area (Å²) in [6, 6.07) is 9.28. The van der Waals surface area contributed by atoms with Gasteiger partial charge in [-0.2, -0.15) is 5.10 Å². The lowest BCUT2D eigenvalue weighted by Crippen LogP contribution is -2.36. The van der Waals surface area contributed by atoms with Crippen molar-refractivity contribution in [3.8, 4) is 0 Å². The van der Waals surface area contributed by atoms with Crippen LogP contribution < -0.4 is 15.8 Å². The molecule has 0 bridgehead atoms. The molecule has 2 aromatic rings. The molecule has 0 spiro atoms. The molecule has 27 heavy (non-hydrogen) atoms. The molecule has 7 heteroatoms. The number of carbonyl (C=O) groups is 1. The molecule has 2 aliphatic rings. The minimum Gasteiger partial charge on any atom is -0.378 e. The molecule has 2 heterocycles. The molecule has 1 aromatic heterocycles. The molecule has 1 aromatic carbocycles. The number of fused-ring (bicyclic) bond motifs is 1. The number of amides is 1. The zero-order chi connectivity index (χ0) is 18.6. The third kappa shape index (κ3) is 4.03. The number of carbonyl (C=O) groups excluding carboxylic acids is 1. The van der Waals surface area contributed by atoms with Crippen molar-refractivity contribution in [2.75, 3.05) is 37.7 Å². The molecule has 0 unspecified atom stereocenters. The van der Waals surface area contributed by atoms with Crippen LogP contribution in [0.25, 0.3) is 0 Å².